The van der Waals surface area contributed by atoms with Gasteiger partial charge in [-0.05, 0) is 93.9 Å². The lowest BCUT2D eigenvalue weighted by atomic mass is 9.47. The summed E-state index contributed by atoms with van der Waals surface area (Å²) < 4.78 is 29.0. The molecule has 1 aliphatic heterocycles. The summed E-state index contributed by atoms with van der Waals surface area (Å²) in [6, 6.07) is 12.8. The molecular formula is C31H35BFNO5. The summed E-state index contributed by atoms with van der Waals surface area (Å²) in [5, 5.41) is 9.63. The van der Waals surface area contributed by atoms with Crippen LogP contribution in [0.2, 0.25) is 0 Å². The fourth-order valence-electron chi connectivity index (χ4n) is 6.78. The molecule has 6 nitrogen and oxygen atoms in total. The third kappa shape index (κ3) is 4.51. The molecule has 1 spiro atoms. The van der Waals surface area contributed by atoms with Crippen LogP contribution in [0, 0.1) is 23.1 Å². The van der Waals surface area contributed by atoms with Crippen molar-refractivity contribution >= 4 is 35.2 Å². The van der Waals surface area contributed by atoms with Gasteiger partial charge < -0.3 is 19.0 Å². The molecule has 8 heteroatoms. The van der Waals surface area contributed by atoms with E-state index < -0.39 is 24.3 Å². The Labute approximate surface area is 228 Å². The molecule has 3 fully saturated rings. The van der Waals surface area contributed by atoms with E-state index in [0.29, 0.717) is 29.4 Å². The predicted octanol–water partition coefficient (Wildman–Crippen LogP) is 5.59. The molecule has 2 aromatic carbocycles. The molecule has 39 heavy (non-hydrogen) atoms. The van der Waals surface area contributed by atoms with Crippen molar-refractivity contribution < 1.29 is 28.4 Å². The van der Waals surface area contributed by atoms with Crippen molar-refractivity contribution in [1.29, 1.82) is 0 Å². The fourth-order valence-corrected chi connectivity index (χ4v) is 6.78. The summed E-state index contributed by atoms with van der Waals surface area (Å²) in [5.41, 5.74) is 2.43. The number of rotatable bonds is 7. The van der Waals surface area contributed by atoms with Crippen LogP contribution >= 0.6 is 0 Å². The minimum atomic E-state index is -0.711. The van der Waals surface area contributed by atoms with E-state index in [-0.39, 0.29) is 28.9 Å². The van der Waals surface area contributed by atoms with E-state index in [1.165, 1.54) is 6.07 Å². The fraction of sp³-hybridized carbons (Fsp3) is 0.484. The maximum Gasteiger partial charge on any atom is 0.494 e. The number of ketones is 1. The Balaban J connectivity index is 1.17. The maximum atomic E-state index is 14.7. The zero-order chi connectivity index (χ0) is 27.7. The molecule has 1 saturated heterocycles. The van der Waals surface area contributed by atoms with E-state index in [1.807, 2.05) is 62.7 Å². The highest BCUT2D eigenvalue weighted by Gasteiger charge is 2.55. The van der Waals surface area contributed by atoms with Crippen molar-refractivity contribution in [1.82, 2.24) is 4.57 Å². The van der Waals surface area contributed by atoms with E-state index in [0.717, 1.165) is 36.7 Å². The Bertz CT molecular complexity index is 1430. The number of hydrogen-bond acceptors (Lipinski definition) is 4. The molecule has 2 saturated carbocycles. The molecule has 0 radical (unpaired) electrons. The van der Waals surface area contributed by atoms with Crippen LogP contribution in [-0.4, -0.2) is 39.7 Å². The van der Waals surface area contributed by atoms with Crippen LogP contribution in [0.5, 0.6) is 0 Å². The number of carboxylic acid groups (broad SMARTS) is 1. The summed E-state index contributed by atoms with van der Waals surface area (Å²) in [6.45, 7) is 8.62. The molecule has 0 atom stereocenters. The third-order valence-corrected chi connectivity index (χ3v) is 9.66. The van der Waals surface area contributed by atoms with Gasteiger partial charge in [-0.15, -0.1) is 0 Å². The number of hydrogen-bond donors (Lipinski definition) is 1. The van der Waals surface area contributed by atoms with Gasteiger partial charge in [0, 0.05) is 30.1 Å². The van der Waals surface area contributed by atoms with Gasteiger partial charge in [-0.3, -0.25) is 9.59 Å². The summed E-state index contributed by atoms with van der Waals surface area (Å²) in [4.78, 5) is 24.6. The molecule has 3 aromatic rings. The number of benzene rings is 2. The van der Waals surface area contributed by atoms with Crippen LogP contribution in [-0.2, 0) is 20.6 Å². The lowest BCUT2D eigenvalue weighted by Gasteiger charge is -2.56. The number of aromatic nitrogens is 1. The van der Waals surface area contributed by atoms with Gasteiger partial charge in [0.1, 0.15) is 5.82 Å². The van der Waals surface area contributed by atoms with Gasteiger partial charge in [0.15, 0.2) is 5.78 Å². The van der Waals surface area contributed by atoms with Crippen LogP contribution in [0.1, 0.15) is 75.7 Å². The molecule has 0 amide bonds. The molecule has 6 rings (SSSR count). The first-order valence-corrected chi connectivity index (χ1v) is 13.8. The molecular weight excluding hydrogens is 496 g/mol. The smallest absolute Gasteiger partial charge is 0.481 e. The maximum absolute atomic E-state index is 14.7. The van der Waals surface area contributed by atoms with Crippen molar-refractivity contribution in [3.8, 4) is 0 Å². The number of Topliss-reactive ketones (excluding diaryl/α,β-unsaturated/α-hetero) is 1. The number of halogens is 1. The zero-order valence-corrected chi connectivity index (χ0v) is 23.0. The van der Waals surface area contributed by atoms with Crippen molar-refractivity contribution in [2.24, 2.45) is 17.3 Å². The monoisotopic (exact) mass is 531 g/mol. The Kier molecular flexibility index (Phi) is 6.08. The highest BCUT2D eigenvalue weighted by molar-refractivity contribution is 6.62. The third-order valence-electron chi connectivity index (χ3n) is 9.66. The number of carbonyl (C=O) groups excluding carboxylic acids is 1. The van der Waals surface area contributed by atoms with Gasteiger partial charge in [-0.1, -0.05) is 24.3 Å². The number of fused-ring (bicyclic) bond motifs is 1. The van der Waals surface area contributed by atoms with Crippen LogP contribution in [0.4, 0.5) is 4.39 Å². The molecule has 2 aliphatic carbocycles. The quantitative estimate of drug-likeness (QED) is 0.318. The molecule has 0 bridgehead atoms. The highest BCUT2D eigenvalue weighted by atomic mass is 19.1. The van der Waals surface area contributed by atoms with E-state index in [9.17, 15) is 19.1 Å². The second-order valence-corrected chi connectivity index (χ2v) is 13.0. The van der Waals surface area contributed by atoms with Crippen molar-refractivity contribution in [3.63, 3.8) is 0 Å². The van der Waals surface area contributed by atoms with Crippen LogP contribution in [0.15, 0.2) is 48.7 Å². The van der Waals surface area contributed by atoms with E-state index in [2.05, 4.69) is 0 Å². The van der Waals surface area contributed by atoms with E-state index in [1.54, 1.807) is 12.1 Å². The standard InChI is InChI=1S/C31H35BFNO5/c1-29(2)30(3,4)39-32(38-29)22-7-5-19(6-8-22)18-34-12-11-23-25(33)10-9-24(27(23)34)26(35)13-20-14-31(15-20)16-21(17-31)28(36)37/h5-12,20-21H,13-18H2,1-4H3,(H,36,37). The minimum absolute atomic E-state index is 0.0185. The first kappa shape index (κ1) is 26.3. The molecule has 0 unspecified atom stereocenters. The first-order chi connectivity index (χ1) is 18.4. The SMILES string of the molecule is CC1(C)OB(c2ccc(Cn3ccc4c(F)ccc(C(=O)CC5CC6(C5)CC(C(=O)O)C6)c43)cc2)OC1(C)C. The predicted molar refractivity (Wildman–Crippen MR) is 148 cm³/mol. The minimum Gasteiger partial charge on any atom is -0.481 e. The van der Waals surface area contributed by atoms with Crippen LogP contribution < -0.4 is 5.46 Å². The topological polar surface area (TPSA) is 77.8 Å². The van der Waals surface area contributed by atoms with Gasteiger partial charge in [0.2, 0.25) is 0 Å². The normalized spacial score (nSPS) is 26.9. The molecule has 3 aliphatic rings. The van der Waals surface area contributed by atoms with Crippen LogP contribution in [0.25, 0.3) is 10.9 Å². The van der Waals surface area contributed by atoms with Crippen LogP contribution in [0.3, 0.4) is 0 Å². The average Bonchev–Trinajstić information content (AvgIpc) is 3.32. The first-order valence-electron chi connectivity index (χ1n) is 13.8. The highest BCUT2D eigenvalue weighted by Crippen LogP contribution is 2.62. The number of nitrogens with zero attached hydrogens (tertiary/aromatic N) is 1. The lowest BCUT2D eigenvalue weighted by Crippen LogP contribution is -2.50. The van der Waals surface area contributed by atoms with Gasteiger partial charge >= 0.3 is 13.1 Å². The number of carboxylic acids is 1. The second kappa shape index (κ2) is 9.03. The van der Waals surface area contributed by atoms with Crippen molar-refractivity contribution in [2.45, 2.75) is 77.5 Å². The Hall–Kier alpha value is -2.97. The lowest BCUT2D eigenvalue weighted by molar-refractivity contribution is -0.157. The number of carbonyl (C=O) groups is 2. The summed E-state index contributed by atoms with van der Waals surface area (Å²) >= 11 is 0. The molecule has 1 N–H and O–H groups in total. The zero-order valence-electron chi connectivity index (χ0n) is 23.0. The summed E-state index contributed by atoms with van der Waals surface area (Å²) in [6.07, 6.45) is 5.51. The Morgan fingerprint density at radius 1 is 0.974 bits per heavy atom. The molecule has 1 aromatic heterocycles. The van der Waals surface area contributed by atoms with Gasteiger partial charge in [0.25, 0.3) is 0 Å². The largest absolute Gasteiger partial charge is 0.494 e. The molecule has 204 valence electrons. The average molecular weight is 531 g/mol. The summed E-state index contributed by atoms with van der Waals surface area (Å²) in [5.74, 6) is -0.999. The Morgan fingerprint density at radius 3 is 2.23 bits per heavy atom. The van der Waals surface area contributed by atoms with Gasteiger partial charge in [-0.2, -0.15) is 0 Å². The van der Waals surface area contributed by atoms with E-state index in [4.69, 9.17) is 9.31 Å². The van der Waals surface area contributed by atoms with Gasteiger partial charge in [-0.25, -0.2) is 4.39 Å². The number of aliphatic carboxylic acids is 1. The molecule has 2 heterocycles. The summed E-state index contributed by atoms with van der Waals surface area (Å²) in [7, 11) is -0.435. The van der Waals surface area contributed by atoms with Crippen molar-refractivity contribution in [3.05, 3.63) is 65.6 Å². The van der Waals surface area contributed by atoms with Crippen molar-refractivity contribution in [2.75, 3.05) is 0 Å². The van der Waals surface area contributed by atoms with Gasteiger partial charge in [0.05, 0.1) is 22.6 Å². The Morgan fingerprint density at radius 2 is 1.62 bits per heavy atom. The van der Waals surface area contributed by atoms with E-state index >= 15 is 0 Å². The second-order valence-electron chi connectivity index (χ2n) is 13.0.